The Bertz CT molecular complexity index is 321. The van der Waals surface area contributed by atoms with Crippen LogP contribution in [0.4, 0.5) is 0 Å². The summed E-state index contributed by atoms with van der Waals surface area (Å²) < 4.78 is 5.60. The molecule has 2 N–H and O–H groups in total. The van der Waals surface area contributed by atoms with Gasteiger partial charge in [0.1, 0.15) is 11.5 Å². The van der Waals surface area contributed by atoms with Gasteiger partial charge in [0.2, 0.25) is 0 Å². The molecule has 0 amide bonds. The first-order valence-corrected chi connectivity index (χ1v) is 6.26. The zero-order chi connectivity index (χ0) is 11.4. The van der Waals surface area contributed by atoms with Gasteiger partial charge in [-0.1, -0.05) is 13.3 Å². The molecule has 1 aliphatic carbocycles. The van der Waals surface area contributed by atoms with Crippen molar-refractivity contribution in [3.8, 4) is 0 Å². The molecule has 3 heteroatoms. The highest BCUT2D eigenvalue weighted by atomic mass is 16.3. The largest absolute Gasteiger partial charge is 0.465 e. The second kappa shape index (κ2) is 5.51. The van der Waals surface area contributed by atoms with Crippen LogP contribution in [0.3, 0.4) is 0 Å². The van der Waals surface area contributed by atoms with Gasteiger partial charge in [0, 0.05) is 13.0 Å². The van der Waals surface area contributed by atoms with Gasteiger partial charge in [-0.05, 0) is 30.9 Å². The normalized spacial score (nSPS) is 25.1. The third kappa shape index (κ3) is 2.86. The fraction of sp³-hybridized carbons (Fsp3) is 0.692. The molecule has 0 radical (unpaired) electrons. The van der Waals surface area contributed by atoms with Crippen LogP contribution in [-0.4, -0.2) is 17.8 Å². The quantitative estimate of drug-likeness (QED) is 0.803. The number of furan rings is 1. The summed E-state index contributed by atoms with van der Waals surface area (Å²) >= 11 is 0. The van der Waals surface area contributed by atoms with Crippen molar-refractivity contribution in [2.45, 2.75) is 45.3 Å². The van der Waals surface area contributed by atoms with Gasteiger partial charge >= 0.3 is 0 Å². The van der Waals surface area contributed by atoms with E-state index in [1.54, 1.807) is 0 Å². The van der Waals surface area contributed by atoms with Crippen molar-refractivity contribution in [3.63, 3.8) is 0 Å². The third-order valence-electron chi connectivity index (χ3n) is 3.39. The number of aryl methyl sites for hydroxylation is 1. The zero-order valence-electron chi connectivity index (χ0n) is 9.91. The summed E-state index contributed by atoms with van der Waals surface area (Å²) in [5, 5.41) is 13.0. The van der Waals surface area contributed by atoms with Gasteiger partial charge in [0.25, 0.3) is 0 Å². The second-order valence-corrected chi connectivity index (χ2v) is 4.61. The number of nitrogens with one attached hydrogen (secondary N) is 1. The molecule has 16 heavy (non-hydrogen) atoms. The third-order valence-corrected chi connectivity index (χ3v) is 3.39. The Morgan fingerprint density at radius 2 is 2.19 bits per heavy atom. The van der Waals surface area contributed by atoms with Crippen LogP contribution in [0.15, 0.2) is 16.5 Å². The average Bonchev–Trinajstić information content (AvgIpc) is 2.89. The fourth-order valence-corrected chi connectivity index (χ4v) is 2.34. The standard InChI is InChI=1S/C13H21NO2/c1-2-11-6-7-12(16-11)9-14-8-10-4-3-5-13(10)15/h6-7,10,13-15H,2-5,8-9H2,1H3. The predicted octanol–water partition coefficient (Wildman–Crippen LogP) is 2.09. The Hall–Kier alpha value is -0.800. The number of aliphatic hydroxyl groups is 1. The van der Waals surface area contributed by atoms with E-state index in [2.05, 4.69) is 12.2 Å². The molecule has 1 fully saturated rings. The molecule has 90 valence electrons. The minimum Gasteiger partial charge on any atom is -0.465 e. The Morgan fingerprint density at radius 3 is 2.81 bits per heavy atom. The minimum absolute atomic E-state index is 0.102. The number of hydrogen-bond donors (Lipinski definition) is 2. The Balaban J connectivity index is 1.71. The van der Waals surface area contributed by atoms with Crippen LogP contribution in [0.2, 0.25) is 0 Å². The molecule has 0 aliphatic heterocycles. The van der Waals surface area contributed by atoms with E-state index in [-0.39, 0.29) is 6.10 Å². The molecular weight excluding hydrogens is 202 g/mol. The van der Waals surface area contributed by atoms with Crippen molar-refractivity contribution in [3.05, 3.63) is 23.7 Å². The number of aliphatic hydroxyl groups excluding tert-OH is 1. The van der Waals surface area contributed by atoms with Gasteiger partial charge < -0.3 is 14.8 Å². The summed E-state index contributed by atoms with van der Waals surface area (Å²) in [5.41, 5.74) is 0. The Kier molecular flexibility index (Phi) is 4.02. The fourth-order valence-electron chi connectivity index (χ4n) is 2.34. The van der Waals surface area contributed by atoms with Crippen LogP contribution >= 0.6 is 0 Å². The Labute approximate surface area is 96.8 Å². The van der Waals surface area contributed by atoms with E-state index >= 15 is 0 Å². The maximum absolute atomic E-state index is 9.66. The van der Waals surface area contributed by atoms with Crippen LogP contribution < -0.4 is 5.32 Å². The molecule has 2 atom stereocenters. The highest BCUT2D eigenvalue weighted by Gasteiger charge is 2.24. The summed E-state index contributed by atoms with van der Waals surface area (Å²) in [4.78, 5) is 0. The molecule has 0 saturated heterocycles. The molecular formula is C13H21NO2. The van der Waals surface area contributed by atoms with E-state index in [9.17, 15) is 5.11 Å². The SMILES string of the molecule is CCc1ccc(CNCC2CCCC2O)o1. The van der Waals surface area contributed by atoms with Crippen LogP contribution in [0.25, 0.3) is 0 Å². The highest BCUT2D eigenvalue weighted by molar-refractivity contribution is 5.06. The topological polar surface area (TPSA) is 45.4 Å². The molecule has 0 aromatic carbocycles. The summed E-state index contributed by atoms with van der Waals surface area (Å²) in [6.07, 6.45) is 4.12. The lowest BCUT2D eigenvalue weighted by atomic mass is 10.1. The molecule has 0 bridgehead atoms. The van der Waals surface area contributed by atoms with Crippen LogP contribution in [-0.2, 0) is 13.0 Å². The molecule has 3 nitrogen and oxygen atoms in total. The summed E-state index contributed by atoms with van der Waals surface area (Å²) in [6, 6.07) is 4.05. The van der Waals surface area contributed by atoms with Crippen LogP contribution in [0.5, 0.6) is 0 Å². The molecule has 2 rings (SSSR count). The van der Waals surface area contributed by atoms with Crippen molar-refractivity contribution in [1.29, 1.82) is 0 Å². The molecule has 1 aromatic rings. The summed E-state index contributed by atoms with van der Waals surface area (Å²) in [5.74, 6) is 2.46. The first-order chi connectivity index (χ1) is 7.79. The first-order valence-electron chi connectivity index (χ1n) is 6.26. The first kappa shape index (κ1) is 11.7. The minimum atomic E-state index is -0.102. The molecule has 1 aliphatic rings. The van der Waals surface area contributed by atoms with E-state index in [0.29, 0.717) is 5.92 Å². The van der Waals surface area contributed by atoms with E-state index in [1.807, 2.05) is 12.1 Å². The Morgan fingerprint density at radius 1 is 1.38 bits per heavy atom. The van der Waals surface area contributed by atoms with Crippen LogP contribution in [0.1, 0.15) is 37.7 Å². The number of hydrogen-bond acceptors (Lipinski definition) is 3. The number of rotatable bonds is 5. The lowest BCUT2D eigenvalue weighted by Crippen LogP contribution is -2.27. The smallest absolute Gasteiger partial charge is 0.117 e. The molecule has 1 aromatic heterocycles. The van der Waals surface area contributed by atoms with Crippen molar-refractivity contribution in [1.82, 2.24) is 5.32 Å². The van der Waals surface area contributed by atoms with Gasteiger partial charge in [-0.3, -0.25) is 0 Å². The predicted molar refractivity (Wildman–Crippen MR) is 63.1 cm³/mol. The molecule has 1 heterocycles. The monoisotopic (exact) mass is 223 g/mol. The second-order valence-electron chi connectivity index (χ2n) is 4.61. The highest BCUT2D eigenvalue weighted by Crippen LogP contribution is 2.24. The van der Waals surface area contributed by atoms with Gasteiger partial charge in [-0.25, -0.2) is 0 Å². The zero-order valence-corrected chi connectivity index (χ0v) is 9.91. The van der Waals surface area contributed by atoms with Crippen molar-refractivity contribution in [2.24, 2.45) is 5.92 Å². The van der Waals surface area contributed by atoms with E-state index in [1.165, 1.54) is 0 Å². The average molecular weight is 223 g/mol. The maximum atomic E-state index is 9.66. The van der Waals surface area contributed by atoms with Gasteiger partial charge in [-0.2, -0.15) is 0 Å². The van der Waals surface area contributed by atoms with Gasteiger partial charge in [0.05, 0.1) is 12.6 Å². The molecule has 1 saturated carbocycles. The van der Waals surface area contributed by atoms with E-state index in [0.717, 1.165) is 50.3 Å². The summed E-state index contributed by atoms with van der Waals surface area (Å²) in [7, 11) is 0. The van der Waals surface area contributed by atoms with E-state index < -0.39 is 0 Å². The van der Waals surface area contributed by atoms with Crippen molar-refractivity contribution in [2.75, 3.05) is 6.54 Å². The lowest BCUT2D eigenvalue weighted by Gasteiger charge is -2.14. The maximum Gasteiger partial charge on any atom is 0.117 e. The van der Waals surface area contributed by atoms with Crippen LogP contribution in [0, 0.1) is 5.92 Å². The summed E-state index contributed by atoms with van der Waals surface area (Å²) in [6.45, 7) is 3.75. The van der Waals surface area contributed by atoms with Crippen molar-refractivity contribution < 1.29 is 9.52 Å². The van der Waals surface area contributed by atoms with E-state index in [4.69, 9.17) is 4.42 Å². The molecule has 0 spiro atoms. The lowest BCUT2D eigenvalue weighted by molar-refractivity contribution is 0.131. The van der Waals surface area contributed by atoms with Gasteiger partial charge in [-0.15, -0.1) is 0 Å². The van der Waals surface area contributed by atoms with Crippen molar-refractivity contribution >= 4 is 0 Å². The van der Waals surface area contributed by atoms with Gasteiger partial charge in [0.15, 0.2) is 0 Å². The molecule has 2 unspecified atom stereocenters.